The van der Waals surface area contributed by atoms with E-state index in [0.29, 0.717) is 0 Å². The van der Waals surface area contributed by atoms with Crippen molar-refractivity contribution in [3.8, 4) is 0 Å². The molecule has 1 aliphatic heterocycles. The SMILES string of the molecule is CCCCCCC(CCC)C1CC=C(c2ccccc2C)S1. The van der Waals surface area contributed by atoms with E-state index < -0.39 is 0 Å². The Hall–Kier alpha value is -0.690. The lowest BCUT2D eigenvalue weighted by Crippen LogP contribution is -2.15. The molecule has 0 spiro atoms. The summed E-state index contributed by atoms with van der Waals surface area (Å²) in [6.07, 6.45) is 13.5. The van der Waals surface area contributed by atoms with Crippen molar-refractivity contribution >= 4 is 16.7 Å². The molecule has 0 bridgehead atoms. The zero-order chi connectivity index (χ0) is 15.8. The Labute approximate surface area is 141 Å². The van der Waals surface area contributed by atoms with E-state index in [1.807, 2.05) is 0 Å². The first-order valence-corrected chi connectivity index (χ1v) is 10.1. The Morgan fingerprint density at radius 2 is 1.86 bits per heavy atom. The lowest BCUT2D eigenvalue weighted by molar-refractivity contribution is 0.410. The van der Waals surface area contributed by atoms with Gasteiger partial charge in [-0.15, -0.1) is 11.8 Å². The number of thioether (sulfide) groups is 1. The number of hydrogen-bond donors (Lipinski definition) is 0. The van der Waals surface area contributed by atoms with Gasteiger partial charge >= 0.3 is 0 Å². The molecule has 1 aromatic rings. The Balaban J connectivity index is 1.91. The van der Waals surface area contributed by atoms with Crippen molar-refractivity contribution in [1.29, 1.82) is 0 Å². The minimum Gasteiger partial charge on any atom is -0.122 e. The normalized spacial score (nSPS) is 19.2. The number of rotatable bonds is 9. The minimum atomic E-state index is 0.816. The van der Waals surface area contributed by atoms with Gasteiger partial charge in [0.25, 0.3) is 0 Å². The molecular weight excluding hydrogens is 284 g/mol. The van der Waals surface area contributed by atoms with E-state index >= 15 is 0 Å². The molecular formula is C21H32S. The maximum absolute atomic E-state index is 2.49. The third-order valence-corrected chi connectivity index (χ3v) is 6.36. The van der Waals surface area contributed by atoms with Crippen molar-refractivity contribution in [1.82, 2.24) is 0 Å². The molecule has 0 saturated carbocycles. The minimum absolute atomic E-state index is 0.816. The summed E-state index contributed by atoms with van der Waals surface area (Å²) in [5, 5.41) is 0.816. The maximum Gasteiger partial charge on any atom is 0.0158 e. The van der Waals surface area contributed by atoms with E-state index in [2.05, 4.69) is 62.9 Å². The van der Waals surface area contributed by atoms with Gasteiger partial charge in [0.15, 0.2) is 0 Å². The molecule has 2 atom stereocenters. The van der Waals surface area contributed by atoms with Crippen LogP contribution in [0.5, 0.6) is 0 Å². The maximum atomic E-state index is 2.49. The van der Waals surface area contributed by atoms with E-state index in [0.717, 1.165) is 11.2 Å². The highest BCUT2D eigenvalue weighted by Gasteiger charge is 2.26. The zero-order valence-corrected chi connectivity index (χ0v) is 15.4. The average molecular weight is 317 g/mol. The van der Waals surface area contributed by atoms with Gasteiger partial charge < -0.3 is 0 Å². The zero-order valence-electron chi connectivity index (χ0n) is 14.6. The molecule has 0 saturated heterocycles. The monoisotopic (exact) mass is 316 g/mol. The highest BCUT2D eigenvalue weighted by atomic mass is 32.2. The van der Waals surface area contributed by atoms with E-state index in [1.54, 1.807) is 0 Å². The van der Waals surface area contributed by atoms with Gasteiger partial charge in [-0.05, 0) is 43.2 Å². The standard InChI is InChI=1S/C21H32S/c1-4-6-7-8-13-18(11-5-2)20-15-16-21(22-20)19-14-10-9-12-17(19)3/h9-10,12,14,16,18,20H,4-8,11,13,15H2,1-3H3. The first-order valence-electron chi connectivity index (χ1n) is 9.19. The number of hydrogen-bond acceptors (Lipinski definition) is 1. The molecule has 1 aromatic carbocycles. The van der Waals surface area contributed by atoms with Crippen LogP contribution in [0, 0.1) is 12.8 Å². The second kappa shape index (κ2) is 9.45. The van der Waals surface area contributed by atoms with Gasteiger partial charge in [0.2, 0.25) is 0 Å². The van der Waals surface area contributed by atoms with Gasteiger partial charge in [-0.3, -0.25) is 0 Å². The topological polar surface area (TPSA) is 0 Å². The molecule has 2 unspecified atom stereocenters. The first kappa shape index (κ1) is 17.7. The van der Waals surface area contributed by atoms with Crippen LogP contribution in [0.2, 0.25) is 0 Å². The summed E-state index contributed by atoms with van der Waals surface area (Å²) in [4.78, 5) is 1.53. The number of allylic oxidation sites excluding steroid dienone is 1. The van der Waals surface area contributed by atoms with Gasteiger partial charge in [-0.2, -0.15) is 0 Å². The highest BCUT2D eigenvalue weighted by molar-refractivity contribution is 8.09. The van der Waals surface area contributed by atoms with Crippen molar-refractivity contribution in [3.63, 3.8) is 0 Å². The number of unbranched alkanes of at least 4 members (excludes halogenated alkanes) is 3. The Kier molecular flexibility index (Phi) is 7.59. The second-order valence-electron chi connectivity index (χ2n) is 6.67. The number of aryl methyl sites for hydroxylation is 1. The second-order valence-corrected chi connectivity index (χ2v) is 7.95. The van der Waals surface area contributed by atoms with E-state index in [1.165, 1.54) is 67.4 Å². The van der Waals surface area contributed by atoms with Crippen molar-refractivity contribution in [2.24, 2.45) is 5.92 Å². The van der Waals surface area contributed by atoms with Crippen LogP contribution >= 0.6 is 11.8 Å². The highest BCUT2D eigenvalue weighted by Crippen LogP contribution is 2.45. The predicted octanol–water partition coefficient (Wildman–Crippen LogP) is 7.23. The summed E-state index contributed by atoms with van der Waals surface area (Å²) in [6, 6.07) is 8.83. The molecule has 22 heavy (non-hydrogen) atoms. The smallest absolute Gasteiger partial charge is 0.0158 e. The first-order chi connectivity index (χ1) is 10.8. The van der Waals surface area contributed by atoms with Crippen LogP contribution < -0.4 is 0 Å². The third kappa shape index (κ3) is 4.91. The molecule has 0 nitrogen and oxygen atoms in total. The van der Waals surface area contributed by atoms with Gasteiger partial charge in [0.05, 0.1) is 0 Å². The van der Waals surface area contributed by atoms with Crippen LogP contribution in [-0.4, -0.2) is 5.25 Å². The quantitative estimate of drug-likeness (QED) is 0.433. The third-order valence-electron chi connectivity index (χ3n) is 4.84. The fourth-order valence-corrected chi connectivity index (χ4v) is 5.05. The molecule has 0 N–H and O–H groups in total. The van der Waals surface area contributed by atoms with Crippen molar-refractivity contribution in [2.45, 2.75) is 77.4 Å². The van der Waals surface area contributed by atoms with E-state index in [4.69, 9.17) is 0 Å². The molecule has 1 heterocycles. The van der Waals surface area contributed by atoms with Crippen LogP contribution in [-0.2, 0) is 0 Å². The van der Waals surface area contributed by atoms with Gasteiger partial charge in [0, 0.05) is 10.2 Å². The van der Waals surface area contributed by atoms with Gasteiger partial charge in [-0.1, -0.05) is 76.3 Å². The molecule has 0 aliphatic carbocycles. The summed E-state index contributed by atoms with van der Waals surface area (Å²) in [6.45, 7) is 6.88. The summed E-state index contributed by atoms with van der Waals surface area (Å²) >= 11 is 2.15. The summed E-state index contributed by atoms with van der Waals surface area (Å²) in [5.74, 6) is 0.907. The Bertz CT molecular complexity index is 475. The predicted molar refractivity (Wildman–Crippen MR) is 102 cm³/mol. The lowest BCUT2D eigenvalue weighted by atomic mass is 9.91. The van der Waals surface area contributed by atoms with E-state index in [9.17, 15) is 0 Å². The summed E-state index contributed by atoms with van der Waals surface area (Å²) in [5.41, 5.74) is 2.87. The molecule has 122 valence electrons. The molecule has 0 fully saturated rings. The fourth-order valence-electron chi connectivity index (χ4n) is 3.51. The summed E-state index contributed by atoms with van der Waals surface area (Å²) in [7, 11) is 0. The fraction of sp³-hybridized carbons (Fsp3) is 0.619. The molecule has 0 radical (unpaired) electrons. The molecule has 0 amide bonds. The molecule has 1 aliphatic rings. The molecule has 1 heteroatoms. The number of benzene rings is 1. The van der Waals surface area contributed by atoms with Crippen LogP contribution in [0.15, 0.2) is 30.3 Å². The Morgan fingerprint density at radius 1 is 1.05 bits per heavy atom. The molecule has 0 aromatic heterocycles. The van der Waals surface area contributed by atoms with E-state index in [-0.39, 0.29) is 0 Å². The van der Waals surface area contributed by atoms with Crippen LogP contribution in [0.1, 0.15) is 76.3 Å². The van der Waals surface area contributed by atoms with Gasteiger partial charge in [0.1, 0.15) is 0 Å². The van der Waals surface area contributed by atoms with Crippen molar-refractivity contribution in [2.75, 3.05) is 0 Å². The largest absolute Gasteiger partial charge is 0.122 e. The lowest BCUT2D eigenvalue weighted by Gasteiger charge is -2.23. The van der Waals surface area contributed by atoms with Crippen molar-refractivity contribution in [3.05, 3.63) is 41.5 Å². The molecule has 2 rings (SSSR count). The Morgan fingerprint density at radius 3 is 2.59 bits per heavy atom. The average Bonchev–Trinajstić information content (AvgIpc) is 3.00. The van der Waals surface area contributed by atoms with Gasteiger partial charge in [-0.25, -0.2) is 0 Å². The van der Waals surface area contributed by atoms with Crippen LogP contribution in [0.25, 0.3) is 4.91 Å². The van der Waals surface area contributed by atoms with Crippen LogP contribution in [0.4, 0.5) is 0 Å². The van der Waals surface area contributed by atoms with Crippen molar-refractivity contribution < 1.29 is 0 Å². The summed E-state index contributed by atoms with van der Waals surface area (Å²) < 4.78 is 0. The van der Waals surface area contributed by atoms with Crippen LogP contribution in [0.3, 0.4) is 0 Å².